The van der Waals surface area contributed by atoms with Crippen molar-refractivity contribution < 1.29 is 0 Å². The van der Waals surface area contributed by atoms with E-state index in [1.807, 2.05) is 11.3 Å². The van der Waals surface area contributed by atoms with Crippen molar-refractivity contribution in [2.75, 3.05) is 4.90 Å². The van der Waals surface area contributed by atoms with Gasteiger partial charge >= 0.3 is 0 Å². The molecule has 1 nitrogen and oxygen atoms in total. The van der Waals surface area contributed by atoms with Crippen molar-refractivity contribution in [2.45, 2.75) is 37.5 Å². The molecule has 52 heavy (non-hydrogen) atoms. The third-order valence-electron chi connectivity index (χ3n) is 13.6. The molecule has 0 unspecified atom stereocenters. The molecule has 0 amide bonds. The van der Waals surface area contributed by atoms with E-state index in [0.29, 0.717) is 0 Å². The minimum Gasteiger partial charge on any atom is -0.310 e. The van der Waals surface area contributed by atoms with Gasteiger partial charge in [0, 0.05) is 42.5 Å². The lowest BCUT2D eigenvalue weighted by atomic mass is 9.43. The fraction of sp³-hybridized carbons (Fsp3) is 0.200. The predicted molar refractivity (Wildman–Crippen MR) is 220 cm³/mol. The Morgan fingerprint density at radius 3 is 2.00 bits per heavy atom. The highest BCUT2D eigenvalue weighted by molar-refractivity contribution is 7.25. The lowest BCUT2D eigenvalue weighted by Gasteiger charge is -2.61. The van der Waals surface area contributed by atoms with Gasteiger partial charge in [-0.05, 0) is 143 Å². The minimum atomic E-state index is 0.138. The summed E-state index contributed by atoms with van der Waals surface area (Å²) in [6, 6.07) is 57.7. The van der Waals surface area contributed by atoms with E-state index in [-0.39, 0.29) is 5.41 Å². The molecule has 0 atom stereocenters. The van der Waals surface area contributed by atoms with Crippen molar-refractivity contribution in [1.82, 2.24) is 0 Å². The average molecular weight is 686 g/mol. The summed E-state index contributed by atoms with van der Waals surface area (Å²) >= 11 is 1.88. The molecule has 0 saturated heterocycles. The summed E-state index contributed by atoms with van der Waals surface area (Å²) in [5.74, 6) is 3.35. The SMILES string of the molecule is c1ccc2c(c1)-c1c(N(c3ccc(-c4ccc5sc6ccccc6c5c4)cc3)c3ccc4ccccc4c3)cccc1C21C2CC3CC(C2)CC1C3. The maximum atomic E-state index is 2.55. The highest BCUT2D eigenvalue weighted by atomic mass is 32.1. The van der Waals surface area contributed by atoms with Gasteiger partial charge in [-0.3, -0.25) is 0 Å². The van der Waals surface area contributed by atoms with Crippen LogP contribution in [0.15, 0.2) is 152 Å². The number of fused-ring (bicyclic) bond motifs is 7. The van der Waals surface area contributed by atoms with Gasteiger partial charge in [0.25, 0.3) is 0 Å². The van der Waals surface area contributed by atoms with E-state index >= 15 is 0 Å². The van der Waals surface area contributed by atoms with E-state index in [2.05, 4.69) is 157 Å². The molecular formula is C50H39NS. The number of hydrogen-bond donors (Lipinski definition) is 0. The Kier molecular flexibility index (Phi) is 6.17. The van der Waals surface area contributed by atoms with Crippen LogP contribution in [0.3, 0.4) is 0 Å². The summed E-state index contributed by atoms with van der Waals surface area (Å²) in [6.45, 7) is 0. The maximum absolute atomic E-state index is 2.55. The van der Waals surface area contributed by atoms with Crippen molar-refractivity contribution >= 4 is 59.3 Å². The van der Waals surface area contributed by atoms with Crippen LogP contribution in [0.25, 0.3) is 53.2 Å². The zero-order valence-electron chi connectivity index (χ0n) is 29.1. The van der Waals surface area contributed by atoms with Gasteiger partial charge in [-0.15, -0.1) is 11.3 Å². The number of anilines is 3. The van der Waals surface area contributed by atoms with Gasteiger partial charge in [-0.25, -0.2) is 0 Å². The molecule has 1 aromatic heterocycles. The molecule has 5 aliphatic carbocycles. The Labute approximate surface area is 309 Å². The van der Waals surface area contributed by atoms with Gasteiger partial charge in [0.1, 0.15) is 0 Å². The molecule has 1 heterocycles. The quantitative estimate of drug-likeness (QED) is 0.178. The maximum Gasteiger partial charge on any atom is 0.0543 e. The monoisotopic (exact) mass is 685 g/mol. The largest absolute Gasteiger partial charge is 0.310 e. The predicted octanol–water partition coefficient (Wildman–Crippen LogP) is 14.1. The first-order chi connectivity index (χ1) is 25.7. The minimum absolute atomic E-state index is 0.138. The fourth-order valence-electron chi connectivity index (χ4n) is 11.8. The molecule has 5 aliphatic rings. The van der Waals surface area contributed by atoms with Crippen molar-refractivity contribution in [3.63, 3.8) is 0 Å². The lowest BCUT2D eigenvalue weighted by Crippen LogP contribution is -2.55. The summed E-state index contributed by atoms with van der Waals surface area (Å²) in [5, 5.41) is 5.23. The van der Waals surface area contributed by atoms with Crippen LogP contribution in [-0.2, 0) is 5.41 Å². The Bertz CT molecular complexity index is 2690. The number of thiophene rings is 1. The van der Waals surface area contributed by atoms with Crippen LogP contribution >= 0.6 is 11.3 Å². The van der Waals surface area contributed by atoms with Crippen LogP contribution < -0.4 is 4.90 Å². The van der Waals surface area contributed by atoms with E-state index in [0.717, 1.165) is 23.7 Å². The van der Waals surface area contributed by atoms with Gasteiger partial charge < -0.3 is 4.90 Å². The molecule has 0 radical (unpaired) electrons. The molecular weight excluding hydrogens is 647 g/mol. The molecule has 13 rings (SSSR count). The Hall–Kier alpha value is -5.18. The standard InChI is InChI=1S/C50H39NS/c1-2-9-35-29-40(22-18-33(35)8-1)51(39-20-16-34(17-21-39)36-19-23-48-43(30-36)41-10-4-6-15-47(41)52-48)46-14-7-13-45-49(46)42-11-3-5-12-44(42)50(45)37-25-31-24-32(27-37)28-38(50)26-31/h1-23,29-32,37-38H,24-28H2. The highest BCUT2D eigenvalue weighted by Crippen LogP contribution is 2.70. The van der Waals surface area contributed by atoms with E-state index < -0.39 is 0 Å². The van der Waals surface area contributed by atoms with Crippen LogP contribution in [0, 0.1) is 23.7 Å². The molecule has 1 spiro atoms. The summed E-state index contributed by atoms with van der Waals surface area (Å²) in [5.41, 5.74) is 12.5. The summed E-state index contributed by atoms with van der Waals surface area (Å²) < 4.78 is 2.70. The molecule has 0 N–H and O–H groups in total. The fourth-order valence-corrected chi connectivity index (χ4v) is 12.9. The summed E-state index contributed by atoms with van der Waals surface area (Å²) in [4.78, 5) is 2.55. The van der Waals surface area contributed by atoms with Gasteiger partial charge in [0.2, 0.25) is 0 Å². The molecule has 8 aromatic rings. The van der Waals surface area contributed by atoms with Crippen molar-refractivity contribution in [1.29, 1.82) is 0 Å². The van der Waals surface area contributed by atoms with E-state index in [9.17, 15) is 0 Å². The van der Waals surface area contributed by atoms with Crippen molar-refractivity contribution in [2.24, 2.45) is 23.7 Å². The Morgan fingerprint density at radius 2 is 1.15 bits per heavy atom. The van der Waals surface area contributed by atoms with Crippen molar-refractivity contribution in [3.05, 3.63) is 163 Å². The Balaban J connectivity index is 1.04. The first-order valence-corrected chi connectivity index (χ1v) is 20.1. The normalized spacial score (nSPS) is 23.8. The second-order valence-electron chi connectivity index (χ2n) is 16.1. The highest BCUT2D eigenvalue weighted by Gasteiger charge is 2.61. The van der Waals surface area contributed by atoms with Crippen LogP contribution in [0.4, 0.5) is 17.1 Å². The molecule has 4 fully saturated rings. The molecule has 250 valence electrons. The van der Waals surface area contributed by atoms with E-state index in [4.69, 9.17) is 0 Å². The Morgan fingerprint density at radius 1 is 0.481 bits per heavy atom. The second-order valence-corrected chi connectivity index (χ2v) is 17.2. The van der Waals surface area contributed by atoms with Crippen LogP contribution in [0.2, 0.25) is 0 Å². The van der Waals surface area contributed by atoms with E-state index in [1.165, 1.54) is 102 Å². The third kappa shape index (κ3) is 4.05. The van der Waals surface area contributed by atoms with Crippen LogP contribution in [-0.4, -0.2) is 0 Å². The number of hydrogen-bond acceptors (Lipinski definition) is 2. The van der Waals surface area contributed by atoms with Crippen molar-refractivity contribution in [3.8, 4) is 22.3 Å². The number of nitrogens with zero attached hydrogens (tertiary/aromatic N) is 1. The molecule has 4 bridgehead atoms. The smallest absolute Gasteiger partial charge is 0.0543 e. The summed E-state index contributed by atoms with van der Waals surface area (Å²) in [7, 11) is 0. The first-order valence-electron chi connectivity index (χ1n) is 19.3. The zero-order valence-corrected chi connectivity index (χ0v) is 30.0. The molecule has 7 aromatic carbocycles. The summed E-state index contributed by atoms with van der Waals surface area (Å²) in [6.07, 6.45) is 7.06. The number of rotatable bonds is 4. The second kappa shape index (κ2) is 10.9. The van der Waals surface area contributed by atoms with Crippen LogP contribution in [0.5, 0.6) is 0 Å². The molecule has 0 aliphatic heterocycles. The zero-order chi connectivity index (χ0) is 34.0. The topological polar surface area (TPSA) is 3.24 Å². The third-order valence-corrected chi connectivity index (χ3v) is 14.8. The molecule has 4 saturated carbocycles. The number of benzene rings is 7. The molecule has 2 heteroatoms. The first kappa shape index (κ1) is 29.4. The lowest BCUT2D eigenvalue weighted by molar-refractivity contribution is -0.0399. The van der Waals surface area contributed by atoms with Gasteiger partial charge in [-0.1, -0.05) is 103 Å². The van der Waals surface area contributed by atoms with E-state index in [1.54, 1.807) is 11.1 Å². The average Bonchev–Trinajstić information content (AvgIpc) is 3.71. The van der Waals surface area contributed by atoms with Gasteiger partial charge in [-0.2, -0.15) is 0 Å². The van der Waals surface area contributed by atoms with Gasteiger partial charge in [0.05, 0.1) is 5.69 Å². The van der Waals surface area contributed by atoms with Gasteiger partial charge in [0.15, 0.2) is 0 Å². The van der Waals surface area contributed by atoms with Crippen LogP contribution in [0.1, 0.15) is 43.2 Å².